The molecular weight excluding hydrogens is 347 g/mol. The maximum absolute atomic E-state index is 13.1. The number of aromatic nitrogens is 4. The Balaban J connectivity index is 2.05. The van der Waals surface area contributed by atoms with E-state index in [0.717, 1.165) is 11.8 Å². The number of hydrogen-bond donors (Lipinski definition) is 1. The number of benzene rings is 1. The van der Waals surface area contributed by atoms with Gasteiger partial charge in [-0.3, -0.25) is 9.59 Å². The summed E-state index contributed by atoms with van der Waals surface area (Å²) in [6.45, 7) is 1.84. The fraction of sp³-hybridized carbons (Fsp3) is 0.250. The van der Waals surface area contributed by atoms with Crippen LogP contribution in [0.3, 0.4) is 0 Å². The van der Waals surface area contributed by atoms with Crippen LogP contribution in [-0.4, -0.2) is 38.1 Å². The normalized spacial score (nSPS) is 12.3. The summed E-state index contributed by atoms with van der Waals surface area (Å²) in [5.74, 6) is -0.756. The van der Waals surface area contributed by atoms with Crippen LogP contribution >= 0.6 is 11.8 Å². The first-order valence-corrected chi connectivity index (χ1v) is 8.40. The Morgan fingerprint density at radius 1 is 1.40 bits per heavy atom. The van der Waals surface area contributed by atoms with E-state index in [1.807, 2.05) is 6.92 Å². The average Bonchev–Trinajstić information content (AvgIpc) is 3.04. The molecule has 1 atom stereocenters. The van der Waals surface area contributed by atoms with Crippen LogP contribution in [0.25, 0.3) is 16.7 Å². The molecule has 0 aliphatic heterocycles. The lowest BCUT2D eigenvalue weighted by Gasteiger charge is -2.11. The van der Waals surface area contributed by atoms with Gasteiger partial charge < -0.3 is 9.72 Å². The van der Waals surface area contributed by atoms with E-state index in [-0.39, 0.29) is 17.3 Å². The van der Waals surface area contributed by atoms with Crippen LogP contribution in [0, 0.1) is 5.82 Å². The summed E-state index contributed by atoms with van der Waals surface area (Å²) < 4.78 is 19.3. The fourth-order valence-corrected chi connectivity index (χ4v) is 3.21. The summed E-state index contributed by atoms with van der Waals surface area (Å²) in [5, 5.41) is 4.28. The van der Waals surface area contributed by atoms with Crippen LogP contribution in [0.5, 0.6) is 0 Å². The molecule has 0 fully saturated rings. The second kappa shape index (κ2) is 7.06. The molecule has 0 saturated heterocycles. The SMILES string of the molecule is CC[C@H](Sc1nc2c(cnn2-c2ccc(F)cc2)c(=O)[nH]1)C(=O)OC. The number of rotatable bonds is 5. The molecule has 0 unspecified atom stereocenters. The molecule has 130 valence electrons. The molecule has 3 rings (SSSR count). The largest absolute Gasteiger partial charge is 0.468 e. The number of methoxy groups -OCH3 is 1. The third kappa shape index (κ3) is 3.41. The van der Waals surface area contributed by atoms with Gasteiger partial charge in [0.2, 0.25) is 0 Å². The second-order valence-electron chi connectivity index (χ2n) is 5.18. The number of carbonyl (C=O) groups excluding carboxylic acids is 1. The Morgan fingerprint density at radius 2 is 2.12 bits per heavy atom. The zero-order chi connectivity index (χ0) is 18.0. The van der Waals surface area contributed by atoms with Gasteiger partial charge in [-0.05, 0) is 30.7 Å². The van der Waals surface area contributed by atoms with Crippen LogP contribution in [0.15, 0.2) is 40.4 Å². The number of halogens is 1. The van der Waals surface area contributed by atoms with E-state index < -0.39 is 5.25 Å². The summed E-state index contributed by atoms with van der Waals surface area (Å²) in [7, 11) is 1.31. The third-order valence-electron chi connectivity index (χ3n) is 3.58. The topological polar surface area (TPSA) is 89.9 Å². The van der Waals surface area contributed by atoms with E-state index in [1.54, 1.807) is 12.1 Å². The van der Waals surface area contributed by atoms with Crippen molar-refractivity contribution >= 4 is 28.8 Å². The first-order chi connectivity index (χ1) is 12.0. The zero-order valence-corrected chi connectivity index (χ0v) is 14.3. The molecule has 0 aliphatic rings. The van der Waals surface area contributed by atoms with Crippen molar-refractivity contribution in [3.63, 3.8) is 0 Å². The second-order valence-corrected chi connectivity index (χ2v) is 6.37. The third-order valence-corrected chi connectivity index (χ3v) is 4.80. The lowest BCUT2D eigenvalue weighted by atomic mass is 10.3. The molecule has 25 heavy (non-hydrogen) atoms. The number of H-pyrrole nitrogens is 1. The molecule has 3 aromatic rings. The first kappa shape index (κ1) is 17.2. The molecule has 0 amide bonds. The van der Waals surface area contributed by atoms with Crippen molar-refractivity contribution in [3.05, 3.63) is 46.6 Å². The number of carbonyl (C=O) groups is 1. The van der Waals surface area contributed by atoms with Gasteiger partial charge >= 0.3 is 5.97 Å². The van der Waals surface area contributed by atoms with Gasteiger partial charge in [-0.15, -0.1) is 0 Å². The highest BCUT2D eigenvalue weighted by Crippen LogP contribution is 2.24. The number of fused-ring (bicyclic) bond motifs is 1. The standard InChI is InChI=1S/C16H15FN4O3S/c1-3-12(15(23)24-2)25-16-19-13-11(14(22)20-16)8-18-21(13)10-6-4-9(17)5-7-10/h4-8,12H,3H2,1-2H3,(H,19,20,22)/t12-/m0/s1. The molecule has 1 aromatic carbocycles. The predicted molar refractivity (Wildman–Crippen MR) is 91.4 cm³/mol. The number of aromatic amines is 1. The number of hydrogen-bond acceptors (Lipinski definition) is 6. The highest BCUT2D eigenvalue weighted by molar-refractivity contribution is 8.00. The lowest BCUT2D eigenvalue weighted by molar-refractivity contribution is -0.140. The van der Waals surface area contributed by atoms with Gasteiger partial charge in [0.15, 0.2) is 10.8 Å². The van der Waals surface area contributed by atoms with E-state index in [1.165, 1.54) is 30.1 Å². The average molecular weight is 362 g/mol. The first-order valence-electron chi connectivity index (χ1n) is 7.52. The van der Waals surface area contributed by atoms with E-state index in [0.29, 0.717) is 28.3 Å². The minimum Gasteiger partial charge on any atom is -0.468 e. The van der Waals surface area contributed by atoms with Gasteiger partial charge in [0.1, 0.15) is 16.5 Å². The Morgan fingerprint density at radius 3 is 2.76 bits per heavy atom. The van der Waals surface area contributed by atoms with Crippen molar-refractivity contribution in [2.45, 2.75) is 23.8 Å². The van der Waals surface area contributed by atoms with Crippen LogP contribution < -0.4 is 5.56 Å². The molecule has 2 aromatic heterocycles. The highest BCUT2D eigenvalue weighted by Gasteiger charge is 2.21. The minimum absolute atomic E-state index is 0.290. The summed E-state index contributed by atoms with van der Waals surface area (Å²) in [6, 6.07) is 5.69. The maximum atomic E-state index is 13.1. The molecule has 0 bridgehead atoms. The number of nitrogens with zero attached hydrogens (tertiary/aromatic N) is 3. The number of esters is 1. The van der Waals surface area contributed by atoms with Crippen molar-refractivity contribution in [1.82, 2.24) is 19.7 Å². The number of thioether (sulfide) groups is 1. The van der Waals surface area contributed by atoms with E-state index in [4.69, 9.17) is 4.74 Å². The lowest BCUT2D eigenvalue weighted by Crippen LogP contribution is -2.19. The van der Waals surface area contributed by atoms with Crippen LogP contribution in [-0.2, 0) is 9.53 Å². The van der Waals surface area contributed by atoms with Crippen molar-refractivity contribution in [1.29, 1.82) is 0 Å². The molecule has 9 heteroatoms. The molecule has 0 radical (unpaired) electrons. The van der Waals surface area contributed by atoms with Crippen LogP contribution in [0.4, 0.5) is 4.39 Å². The molecule has 0 aliphatic carbocycles. The van der Waals surface area contributed by atoms with Crippen LogP contribution in [0.1, 0.15) is 13.3 Å². The van der Waals surface area contributed by atoms with Gasteiger partial charge in [-0.25, -0.2) is 14.1 Å². The van der Waals surface area contributed by atoms with Gasteiger partial charge in [0, 0.05) is 0 Å². The van der Waals surface area contributed by atoms with Crippen molar-refractivity contribution in [2.24, 2.45) is 0 Å². The van der Waals surface area contributed by atoms with Crippen LogP contribution in [0.2, 0.25) is 0 Å². The molecule has 7 nitrogen and oxygen atoms in total. The van der Waals surface area contributed by atoms with E-state index in [9.17, 15) is 14.0 Å². The Kier molecular flexibility index (Phi) is 4.84. The van der Waals surface area contributed by atoms with Crippen molar-refractivity contribution in [3.8, 4) is 5.69 Å². The monoisotopic (exact) mass is 362 g/mol. The zero-order valence-electron chi connectivity index (χ0n) is 13.5. The van der Waals surface area contributed by atoms with Crippen molar-refractivity contribution < 1.29 is 13.9 Å². The number of ether oxygens (including phenoxy) is 1. The summed E-state index contributed by atoms with van der Waals surface area (Å²) in [4.78, 5) is 31.1. The highest BCUT2D eigenvalue weighted by atomic mass is 32.2. The van der Waals surface area contributed by atoms with Gasteiger partial charge in [0.25, 0.3) is 5.56 Å². The van der Waals surface area contributed by atoms with Gasteiger partial charge in [-0.2, -0.15) is 5.10 Å². The Hall–Kier alpha value is -2.68. The smallest absolute Gasteiger partial charge is 0.319 e. The predicted octanol–water partition coefficient (Wildman–Crippen LogP) is 2.29. The molecule has 0 saturated carbocycles. The Labute approximate surface area is 146 Å². The van der Waals surface area contributed by atoms with Crippen molar-refractivity contribution in [2.75, 3.05) is 7.11 Å². The minimum atomic E-state index is -0.479. The molecule has 1 N–H and O–H groups in total. The van der Waals surface area contributed by atoms with E-state index in [2.05, 4.69) is 15.1 Å². The van der Waals surface area contributed by atoms with Gasteiger partial charge in [0.05, 0.1) is 19.0 Å². The summed E-state index contributed by atoms with van der Waals surface area (Å²) >= 11 is 1.12. The van der Waals surface area contributed by atoms with E-state index >= 15 is 0 Å². The fourth-order valence-electron chi connectivity index (χ4n) is 2.29. The quantitative estimate of drug-likeness (QED) is 0.425. The molecular formula is C16H15FN4O3S. The van der Waals surface area contributed by atoms with Gasteiger partial charge in [-0.1, -0.05) is 18.7 Å². The number of nitrogens with one attached hydrogen (secondary N) is 1. The maximum Gasteiger partial charge on any atom is 0.319 e. The summed E-state index contributed by atoms with van der Waals surface area (Å²) in [6.07, 6.45) is 1.92. The summed E-state index contributed by atoms with van der Waals surface area (Å²) in [5.41, 5.74) is 0.545. The molecule has 0 spiro atoms. The molecule has 2 heterocycles. The Bertz CT molecular complexity index is 968.